The van der Waals surface area contributed by atoms with Crippen LogP contribution in [0, 0.1) is 5.41 Å². The van der Waals surface area contributed by atoms with E-state index in [4.69, 9.17) is 20.4 Å². The van der Waals surface area contributed by atoms with E-state index in [0.29, 0.717) is 30.6 Å². The van der Waals surface area contributed by atoms with E-state index in [2.05, 4.69) is 9.98 Å². The second-order valence-corrected chi connectivity index (χ2v) is 8.32. The Morgan fingerprint density at radius 3 is 1.39 bits per heavy atom. The van der Waals surface area contributed by atoms with Gasteiger partial charge in [-0.25, -0.2) is 9.59 Å². The van der Waals surface area contributed by atoms with Crippen molar-refractivity contribution in [3.05, 3.63) is 59.7 Å². The molecule has 36 heavy (non-hydrogen) atoms. The van der Waals surface area contributed by atoms with Crippen LogP contribution < -0.4 is 0 Å². The molecule has 0 aliphatic heterocycles. The summed E-state index contributed by atoms with van der Waals surface area (Å²) in [5.41, 5.74) is 2.59. The van der Waals surface area contributed by atoms with Gasteiger partial charge in [-0.15, -0.1) is 0 Å². The van der Waals surface area contributed by atoms with Crippen LogP contribution in [0.25, 0.3) is 0 Å². The molecule has 0 aliphatic rings. The van der Waals surface area contributed by atoms with Crippen LogP contribution in [-0.2, 0) is 25.6 Å². The van der Waals surface area contributed by atoms with Gasteiger partial charge in [-0.1, -0.05) is 50.2 Å². The van der Waals surface area contributed by atoms with E-state index in [0.717, 1.165) is 11.1 Å². The summed E-state index contributed by atoms with van der Waals surface area (Å²) in [5.74, 6) is -1.74. The molecule has 0 fully saturated rings. The number of nitrogens with zero attached hydrogens (tertiary/aromatic N) is 2. The molecule has 4 N–H and O–H groups in total. The number of rotatable bonds is 11. The highest BCUT2D eigenvalue weighted by Gasteiger charge is 2.13. The molecule has 0 radical (unpaired) electrons. The Kier molecular flexibility index (Phi) is 16.4. The number of unbranched alkanes of at least 4 members (excludes halogenated alkanes) is 1. The maximum Gasteiger partial charge on any atom is 0.303 e. The third-order valence-electron chi connectivity index (χ3n) is 4.58. The molecule has 194 valence electrons. The van der Waals surface area contributed by atoms with Crippen LogP contribution in [0.15, 0.2) is 58.5 Å². The summed E-state index contributed by atoms with van der Waals surface area (Å²) in [4.78, 5) is 47.9. The number of isocyanates is 2. The van der Waals surface area contributed by atoms with Crippen molar-refractivity contribution < 1.29 is 39.6 Å². The van der Waals surface area contributed by atoms with Crippen LogP contribution in [-0.4, -0.2) is 57.7 Å². The van der Waals surface area contributed by atoms with Gasteiger partial charge in [-0.05, 0) is 36.1 Å². The Morgan fingerprint density at radius 2 is 1.11 bits per heavy atom. The molecule has 0 heterocycles. The van der Waals surface area contributed by atoms with Crippen LogP contribution in [0.2, 0.25) is 0 Å². The average Bonchev–Trinajstić information content (AvgIpc) is 2.85. The molecule has 0 saturated heterocycles. The Balaban J connectivity index is 0.000000605. The SMILES string of the molecule is CC(C)(CO)CO.O=C(O)CCCCC(=O)O.O=C=Nc1ccccc1Cc1ccccc1N=C=O. The highest BCUT2D eigenvalue weighted by Crippen LogP contribution is 2.26. The van der Waals surface area contributed by atoms with Gasteiger partial charge in [0.1, 0.15) is 0 Å². The number of carbonyl (C=O) groups excluding carboxylic acids is 2. The zero-order valence-corrected chi connectivity index (χ0v) is 20.4. The number of para-hydroxylation sites is 2. The predicted molar refractivity (Wildman–Crippen MR) is 133 cm³/mol. The first kappa shape index (κ1) is 32.1. The summed E-state index contributed by atoms with van der Waals surface area (Å²) in [6, 6.07) is 14.6. The monoisotopic (exact) mass is 500 g/mol. The molecule has 10 heteroatoms. The van der Waals surface area contributed by atoms with Crippen molar-refractivity contribution >= 4 is 35.5 Å². The van der Waals surface area contributed by atoms with Gasteiger partial charge in [0.15, 0.2) is 0 Å². The first-order chi connectivity index (χ1) is 17.1. The topological polar surface area (TPSA) is 174 Å². The maximum atomic E-state index is 10.4. The second kappa shape index (κ2) is 18.4. The van der Waals surface area contributed by atoms with Gasteiger partial charge in [-0.2, -0.15) is 9.98 Å². The Morgan fingerprint density at radius 1 is 0.750 bits per heavy atom. The molecule has 2 rings (SSSR count). The lowest BCUT2D eigenvalue weighted by Crippen LogP contribution is -2.20. The van der Waals surface area contributed by atoms with E-state index in [1.165, 1.54) is 12.2 Å². The van der Waals surface area contributed by atoms with Gasteiger partial charge in [0, 0.05) is 24.7 Å². The van der Waals surface area contributed by atoms with Crippen molar-refractivity contribution in [3.8, 4) is 0 Å². The lowest BCUT2D eigenvalue weighted by atomic mass is 9.97. The zero-order chi connectivity index (χ0) is 27.4. The van der Waals surface area contributed by atoms with Crippen molar-refractivity contribution in [2.45, 2.75) is 46.0 Å². The van der Waals surface area contributed by atoms with E-state index >= 15 is 0 Å². The van der Waals surface area contributed by atoms with E-state index in [1.54, 1.807) is 38.1 Å². The highest BCUT2D eigenvalue weighted by atomic mass is 16.4. The van der Waals surface area contributed by atoms with Crippen LogP contribution in [0.3, 0.4) is 0 Å². The molecule has 0 amide bonds. The number of hydrogen-bond donors (Lipinski definition) is 4. The van der Waals surface area contributed by atoms with Gasteiger partial charge < -0.3 is 20.4 Å². The fourth-order valence-corrected chi connectivity index (χ4v) is 2.44. The number of aliphatic imine (C=N–C) groups is 2. The van der Waals surface area contributed by atoms with Gasteiger partial charge in [0.05, 0.1) is 24.6 Å². The number of hydrogen-bond acceptors (Lipinski definition) is 8. The molecule has 2 aromatic rings. The van der Waals surface area contributed by atoms with Crippen LogP contribution in [0.1, 0.15) is 50.7 Å². The molecule has 0 saturated carbocycles. The minimum atomic E-state index is -0.870. The van der Waals surface area contributed by atoms with Gasteiger partial charge in [0.25, 0.3) is 0 Å². The summed E-state index contributed by atoms with van der Waals surface area (Å²) in [7, 11) is 0. The molecule has 0 bridgehead atoms. The minimum absolute atomic E-state index is 0.0451. The quantitative estimate of drug-likeness (QED) is 0.204. The van der Waals surface area contributed by atoms with E-state index in [-0.39, 0.29) is 31.5 Å². The Hall–Kier alpha value is -3.94. The van der Waals surface area contributed by atoms with Crippen LogP contribution in [0.5, 0.6) is 0 Å². The lowest BCUT2D eigenvalue weighted by molar-refractivity contribution is -0.139. The third-order valence-corrected chi connectivity index (χ3v) is 4.58. The van der Waals surface area contributed by atoms with Crippen LogP contribution in [0.4, 0.5) is 11.4 Å². The standard InChI is InChI=1S/C15H10N2O2.C6H10O4.C5H12O2/c18-10-16-14-7-3-1-5-12(14)9-13-6-2-4-8-15(13)17-11-19;7-5(8)3-1-2-4-6(9)10;1-5(2,3-6)4-7/h1-8H,9H2;1-4H2,(H,7,8)(H,9,10);6-7H,3-4H2,1-2H3. The Labute approximate surface area is 209 Å². The highest BCUT2D eigenvalue weighted by molar-refractivity contribution is 5.68. The fraction of sp³-hybridized carbons (Fsp3) is 0.385. The number of carboxylic acids is 2. The summed E-state index contributed by atoms with van der Waals surface area (Å²) < 4.78 is 0. The Bertz CT molecular complexity index is 974. The molecular weight excluding hydrogens is 468 g/mol. The molecule has 0 spiro atoms. The number of carbonyl (C=O) groups is 2. The minimum Gasteiger partial charge on any atom is -0.481 e. The summed E-state index contributed by atoms with van der Waals surface area (Å²) in [6.45, 7) is 3.69. The van der Waals surface area contributed by atoms with Crippen molar-refractivity contribution in [3.63, 3.8) is 0 Å². The number of aliphatic hydroxyl groups excluding tert-OH is 2. The molecular formula is C26H32N2O8. The summed E-state index contributed by atoms with van der Waals surface area (Å²) in [6.07, 6.45) is 4.63. The van der Waals surface area contributed by atoms with E-state index in [1.807, 2.05) is 24.3 Å². The van der Waals surface area contributed by atoms with Crippen molar-refractivity contribution in [2.75, 3.05) is 13.2 Å². The van der Waals surface area contributed by atoms with Gasteiger partial charge in [0.2, 0.25) is 12.2 Å². The smallest absolute Gasteiger partial charge is 0.303 e. The van der Waals surface area contributed by atoms with E-state index in [9.17, 15) is 19.2 Å². The molecule has 0 aromatic heterocycles. The summed E-state index contributed by atoms with van der Waals surface area (Å²) in [5, 5.41) is 33.1. The molecule has 0 atom stereocenters. The molecule has 0 aliphatic carbocycles. The number of benzene rings is 2. The predicted octanol–water partition coefficient (Wildman–Crippen LogP) is 3.93. The molecule has 2 aromatic carbocycles. The second-order valence-electron chi connectivity index (χ2n) is 8.32. The molecule has 10 nitrogen and oxygen atoms in total. The maximum absolute atomic E-state index is 10.4. The van der Waals surface area contributed by atoms with Gasteiger partial charge >= 0.3 is 11.9 Å². The first-order valence-electron chi connectivity index (χ1n) is 11.1. The third kappa shape index (κ3) is 15.1. The van der Waals surface area contributed by atoms with Crippen molar-refractivity contribution in [1.29, 1.82) is 0 Å². The number of aliphatic hydroxyl groups is 2. The number of aliphatic carboxylic acids is 2. The van der Waals surface area contributed by atoms with E-state index < -0.39 is 11.9 Å². The first-order valence-corrected chi connectivity index (χ1v) is 11.1. The average molecular weight is 501 g/mol. The van der Waals surface area contributed by atoms with Crippen LogP contribution >= 0.6 is 0 Å². The summed E-state index contributed by atoms with van der Waals surface area (Å²) >= 11 is 0. The molecule has 0 unspecified atom stereocenters. The van der Waals surface area contributed by atoms with Crippen molar-refractivity contribution in [1.82, 2.24) is 0 Å². The zero-order valence-electron chi connectivity index (χ0n) is 20.4. The van der Waals surface area contributed by atoms with Gasteiger partial charge in [-0.3, -0.25) is 9.59 Å². The normalized spacial score (nSPS) is 9.78. The number of carboxylic acid groups (broad SMARTS) is 2. The fourth-order valence-electron chi connectivity index (χ4n) is 2.44. The lowest BCUT2D eigenvalue weighted by Gasteiger charge is -2.16. The van der Waals surface area contributed by atoms with Crippen molar-refractivity contribution in [2.24, 2.45) is 15.4 Å². The largest absolute Gasteiger partial charge is 0.481 e.